The fourth-order valence-corrected chi connectivity index (χ4v) is 1.91. The zero-order chi connectivity index (χ0) is 10.2. The minimum absolute atomic E-state index is 0.394. The molecule has 0 aromatic heterocycles. The highest BCUT2D eigenvalue weighted by Gasteiger charge is 2.60. The van der Waals surface area contributed by atoms with Crippen LogP contribution >= 0.6 is 0 Å². The van der Waals surface area contributed by atoms with Crippen LogP contribution in [0, 0.1) is 5.92 Å². The van der Waals surface area contributed by atoms with Crippen molar-refractivity contribution in [3.8, 4) is 0 Å². The van der Waals surface area contributed by atoms with Crippen LogP contribution in [-0.4, -0.2) is 18.2 Å². The molecule has 2 rings (SSSR count). The first-order valence-electron chi connectivity index (χ1n) is 4.54. The summed E-state index contributed by atoms with van der Waals surface area (Å²) in [7, 11) is 1.57. The van der Waals surface area contributed by atoms with Gasteiger partial charge in [0.15, 0.2) is 0 Å². The first-order valence-corrected chi connectivity index (χ1v) is 4.54. The van der Waals surface area contributed by atoms with E-state index in [0.29, 0.717) is 6.42 Å². The fourth-order valence-electron chi connectivity index (χ4n) is 1.91. The second-order valence-electron chi connectivity index (χ2n) is 3.55. The Hall–Kier alpha value is -1.35. The van der Waals surface area contributed by atoms with Crippen LogP contribution in [0.3, 0.4) is 0 Å². The molecule has 1 aliphatic carbocycles. The summed E-state index contributed by atoms with van der Waals surface area (Å²) in [6.07, 6.45) is 0.572. The monoisotopic (exact) mass is 192 g/mol. The summed E-state index contributed by atoms with van der Waals surface area (Å²) < 4.78 is 5.33. The number of methoxy groups -OCH3 is 1. The van der Waals surface area contributed by atoms with Crippen molar-refractivity contribution in [3.05, 3.63) is 35.9 Å². The maximum atomic E-state index is 10.8. The summed E-state index contributed by atoms with van der Waals surface area (Å²) in [5, 5.41) is 8.90. The van der Waals surface area contributed by atoms with E-state index < -0.39 is 17.5 Å². The summed E-state index contributed by atoms with van der Waals surface area (Å²) >= 11 is 0. The fraction of sp³-hybridized carbons (Fsp3) is 0.364. The van der Waals surface area contributed by atoms with Gasteiger partial charge in [0, 0.05) is 7.11 Å². The Labute approximate surface area is 82.3 Å². The van der Waals surface area contributed by atoms with E-state index in [9.17, 15) is 4.79 Å². The molecule has 3 heteroatoms. The van der Waals surface area contributed by atoms with Gasteiger partial charge in [-0.3, -0.25) is 4.79 Å². The summed E-state index contributed by atoms with van der Waals surface area (Å²) in [4.78, 5) is 10.8. The van der Waals surface area contributed by atoms with Gasteiger partial charge in [-0.1, -0.05) is 30.3 Å². The Kier molecular flexibility index (Phi) is 2.04. The number of ether oxygens (including phenoxy) is 1. The molecule has 2 atom stereocenters. The Bertz CT molecular complexity index is 347. The molecule has 1 saturated carbocycles. The van der Waals surface area contributed by atoms with Crippen LogP contribution in [0.2, 0.25) is 0 Å². The smallest absolute Gasteiger partial charge is 0.309 e. The lowest BCUT2D eigenvalue weighted by Crippen LogP contribution is -2.16. The van der Waals surface area contributed by atoms with Crippen LogP contribution in [0.25, 0.3) is 0 Å². The van der Waals surface area contributed by atoms with Gasteiger partial charge in [-0.05, 0) is 12.0 Å². The largest absolute Gasteiger partial charge is 0.481 e. The van der Waals surface area contributed by atoms with Crippen molar-refractivity contribution in [2.75, 3.05) is 7.11 Å². The van der Waals surface area contributed by atoms with E-state index in [1.54, 1.807) is 7.11 Å². The highest BCUT2D eigenvalue weighted by atomic mass is 16.5. The molecule has 14 heavy (non-hydrogen) atoms. The number of carbonyl (C=O) groups is 1. The normalized spacial score (nSPS) is 29.9. The molecule has 1 aromatic rings. The minimum Gasteiger partial charge on any atom is -0.481 e. The van der Waals surface area contributed by atoms with Crippen molar-refractivity contribution in [1.82, 2.24) is 0 Å². The maximum absolute atomic E-state index is 10.8. The summed E-state index contributed by atoms with van der Waals surface area (Å²) in [5.41, 5.74) is 0.377. The second-order valence-corrected chi connectivity index (χ2v) is 3.55. The van der Waals surface area contributed by atoms with Crippen molar-refractivity contribution in [1.29, 1.82) is 0 Å². The van der Waals surface area contributed by atoms with E-state index in [1.807, 2.05) is 30.3 Å². The molecule has 1 aliphatic rings. The highest BCUT2D eigenvalue weighted by Crippen LogP contribution is 2.54. The first kappa shape index (κ1) is 9.21. The van der Waals surface area contributed by atoms with E-state index in [2.05, 4.69) is 0 Å². The second kappa shape index (κ2) is 3.10. The average Bonchev–Trinajstić information content (AvgIpc) is 2.95. The zero-order valence-corrected chi connectivity index (χ0v) is 7.93. The van der Waals surface area contributed by atoms with Crippen LogP contribution in [0.4, 0.5) is 0 Å². The zero-order valence-electron chi connectivity index (χ0n) is 7.93. The predicted octanol–water partition coefficient (Wildman–Crippen LogP) is 1.63. The van der Waals surface area contributed by atoms with E-state index in [1.165, 1.54) is 0 Å². The standard InChI is InChI=1S/C11H12O3/c1-14-11(7-9(11)10(12)13)8-5-3-2-4-6-8/h2-6,9H,7H2,1H3,(H,12,13)/t9-,11+/m0/s1. The molecule has 0 aliphatic heterocycles. The number of carboxylic acid groups (broad SMARTS) is 1. The van der Waals surface area contributed by atoms with Gasteiger partial charge in [-0.15, -0.1) is 0 Å². The van der Waals surface area contributed by atoms with E-state index in [0.717, 1.165) is 5.56 Å². The number of carboxylic acids is 1. The predicted molar refractivity (Wildman–Crippen MR) is 50.9 cm³/mol. The van der Waals surface area contributed by atoms with Crippen LogP contribution in [0.5, 0.6) is 0 Å². The highest BCUT2D eigenvalue weighted by molar-refractivity contribution is 5.76. The molecular weight excluding hydrogens is 180 g/mol. The molecule has 0 spiro atoms. The number of hydrogen-bond donors (Lipinski definition) is 1. The molecule has 1 fully saturated rings. The van der Waals surface area contributed by atoms with E-state index in [4.69, 9.17) is 9.84 Å². The number of hydrogen-bond acceptors (Lipinski definition) is 2. The van der Waals surface area contributed by atoms with Crippen molar-refractivity contribution in [2.45, 2.75) is 12.0 Å². The molecule has 1 N–H and O–H groups in total. The Morgan fingerprint density at radius 3 is 2.57 bits per heavy atom. The third-order valence-corrected chi connectivity index (χ3v) is 2.83. The molecular formula is C11H12O3. The van der Waals surface area contributed by atoms with Gasteiger partial charge in [0.25, 0.3) is 0 Å². The van der Waals surface area contributed by atoms with Gasteiger partial charge in [0.2, 0.25) is 0 Å². The maximum Gasteiger partial charge on any atom is 0.309 e. The topological polar surface area (TPSA) is 46.5 Å². The van der Waals surface area contributed by atoms with E-state index >= 15 is 0 Å². The van der Waals surface area contributed by atoms with Gasteiger partial charge in [-0.2, -0.15) is 0 Å². The van der Waals surface area contributed by atoms with Gasteiger partial charge in [0.1, 0.15) is 5.60 Å². The first-order chi connectivity index (χ1) is 6.70. The van der Waals surface area contributed by atoms with Crippen LogP contribution in [0.1, 0.15) is 12.0 Å². The number of benzene rings is 1. The van der Waals surface area contributed by atoms with Gasteiger partial charge < -0.3 is 9.84 Å². The van der Waals surface area contributed by atoms with Gasteiger partial charge >= 0.3 is 5.97 Å². The molecule has 3 nitrogen and oxygen atoms in total. The van der Waals surface area contributed by atoms with Gasteiger partial charge in [-0.25, -0.2) is 0 Å². The minimum atomic E-state index is -0.782. The van der Waals surface area contributed by atoms with Crippen molar-refractivity contribution < 1.29 is 14.6 Å². The van der Waals surface area contributed by atoms with Crippen molar-refractivity contribution in [3.63, 3.8) is 0 Å². The lowest BCUT2D eigenvalue weighted by atomic mass is 10.1. The van der Waals surface area contributed by atoms with Crippen LogP contribution < -0.4 is 0 Å². The van der Waals surface area contributed by atoms with Crippen LogP contribution in [0.15, 0.2) is 30.3 Å². The van der Waals surface area contributed by atoms with Crippen LogP contribution in [-0.2, 0) is 15.1 Å². The lowest BCUT2D eigenvalue weighted by Gasteiger charge is -2.14. The van der Waals surface area contributed by atoms with Crippen molar-refractivity contribution in [2.24, 2.45) is 5.92 Å². The lowest BCUT2D eigenvalue weighted by molar-refractivity contribution is -0.140. The third-order valence-electron chi connectivity index (χ3n) is 2.83. The molecule has 74 valence electrons. The molecule has 0 amide bonds. The summed E-state index contributed by atoms with van der Waals surface area (Å²) in [5.74, 6) is -1.18. The molecule has 1 aromatic carbocycles. The quantitative estimate of drug-likeness (QED) is 0.791. The SMILES string of the molecule is CO[C@@]1(c2ccccc2)C[C@H]1C(=O)O. The van der Waals surface area contributed by atoms with E-state index in [-0.39, 0.29) is 0 Å². The molecule has 0 unspecified atom stereocenters. The molecule has 0 radical (unpaired) electrons. The van der Waals surface area contributed by atoms with Crippen molar-refractivity contribution >= 4 is 5.97 Å². The Balaban J connectivity index is 2.29. The number of aliphatic carboxylic acids is 1. The Morgan fingerprint density at radius 1 is 1.50 bits per heavy atom. The number of rotatable bonds is 3. The van der Waals surface area contributed by atoms with Gasteiger partial charge in [0.05, 0.1) is 5.92 Å². The molecule has 0 saturated heterocycles. The molecule has 0 heterocycles. The average molecular weight is 192 g/mol. The summed E-state index contributed by atoms with van der Waals surface area (Å²) in [6, 6.07) is 9.52. The third kappa shape index (κ3) is 1.21. The molecule has 0 bridgehead atoms. The Morgan fingerprint density at radius 2 is 2.14 bits per heavy atom. The summed E-state index contributed by atoms with van der Waals surface area (Å²) in [6.45, 7) is 0.